The SMILES string of the molecule is CCC12CCC(=O)C=C1c1c(cc(OC(CC)(OC)C(=O)O)c(Cl)c1Cl)C2. The summed E-state index contributed by atoms with van der Waals surface area (Å²) in [7, 11) is 1.28. The van der Waals surface area contributed by atoms with Gasteiger partial charge >= 0.3 is 11.8 Å². The molecule has 5 nitrogen and oxygen atoms in total. The van der Waals surface area contributed by atoms with Gasteiger partial charge in [-0.3, -0.25) is 4.79 Å². The van der Waals surface area contributed by atoms with Gasteiger partial charge in [0.15, 0.2) is 5.78 Å². The van der Waals surface area contributed by atoms with Crippen LogP contribution >= 0.6 is 23.2 Å². The minimum absolute atomic E-state index is 0.0857. The number of hydrogen-bond acceptors (Lipinski definition) is 4. The molecule has 0 bridgehead atoms. The highest BCUT2D eigenvalue weighted by Crippen LogP contribution is 2.57. The van der Waals surface area contributed by atoms with Gasteiger partial charge in [0.25, 0.3) is 0 Å². The van der Waals surface area contributed by atoms with Gasteiger partial charge in [-0.2, -0.15) is 0 Å². The topological polar surface area (TPSA) is 72.8 Å². The van der Waals surface area contributed by atoms with Crippen molar-refractivity contribution in [2.45, 2.75) is 51.7 Å². The highest BCUT2D eigenvalue weighted by atomic mass is 35.5. The molecular formula is C20H22Cl2O5. The van der Waals surface area contributed by atoms with Crippen LogP contribution in [0.25, 0.3) is 5.57 Å². The van der Waals surface area contributed by atoms with Gasteiger partial charge in [0.1, 0.15) is 10.8 Å². The van der Waals surface area contributed by atoms with Crippen molar-refractivity contribution in [2.75, 3.05) is 7.11 Å². The largest absolute Gasteiger partial charge is 0.476 e. The number of benzene rings is 1. The molecule has 0 spiro atoms. The second-order valence-electron chi connectivity index (χ2n) is 7.09. The third kappa shape index (κ3) is 3.06. The van der Waals surface area contributed by atoms with E-state index in [9.17, 15) is 14.7 Å². The fourth-order valence-electron chi connectivity index (χ4n) is 4.14. The van der Waals surface area contributed by atoms with Crippen molar-refractivity contribution in [3.8, 4) is 5.75 Å². The van der Waals surface area contributed by atoms with Crippen LogP contribution in [0.15, 0.2) is 12.1 Å². The number of ether oxygens (including phenoxy) is 2. The zero-order valence-electron chi connectivity index (χ0n) is 15.5. The Kier molecular flexibility index (Phi) is 5.32. The summed E-state index contributed by atoms with van der Waals surface area (Å²) in [6.07, 6.45) is 4.63. The third-order valence-electron chi connectivity index (χ3n) is 5.85. The first-order chi connectivity index (χ1) is 12.7. The van der Waals surface area contributed by atoms with Gasteiger partial charge in [0.05, 0.1) is 5.02 Å². The first-order valence-electron chi connectivity index (χ1n) is 8.97. The first kappa shape index (κ1) is 20.2. The molecular weight excluding hydrogens is 391 g/mol. The number of allylic oxidation sites excluding steroid dienone is 2. The van der Waals surface area contributed by atoms with Crippen LogP contribution in [0.4, 0.5) is 0 Å². The summed E-state index contributed by atoms with van der Waals surface area (Å²) in [5.41, 5.74) is 2.48. The summed E-state index contributed by atoms with van der Waals surface area (Å²) in [4.78, 5) is 23.7. The lowest BCUT2D eigenvalue weighted by Gasteiger charge is -2.32. The molecule has 3 rings (SSSR count). The number of halogens is 2. The van der Waals surface area contributed by atoms with Gasteiger partial charge in [-0.05, 0) is 42.5 Å². The molecule has 0 saturated carbocycles. The molecule has 0 aliphatic heterocycles. The molecule has 2 unspecified atom stereocenters. The Balaban J connectivity index is 2.13. The molecule has 0 fully saturated rings. The summed E-state index contributed by atoms with van der Waals surface area (Å²) in [5, 5.41) is 9.95. The number of fused-ring (bicyclic) bond motifs is 3. The molecule has 0 heterocycles. The smallest absolute Gasteiger partial charge is 0.377 e. The number of aliphatic carboxylic acids is 1. The highest BCUT2D eigenvalue weighted by Gasteiger charge is 2.46. The Bertz CT molecular complexity index is 841. The van der Waals surface area contributed by atoms with Crippen molar-refractivity contribution in [3.63, 3.8) is 0 Å². The minimum atomic E-state index is -1.84. The van der Waals surface area contributed by atoms with Gasteiger partial charge in [-0.25, -0.2) is 4.79 Å². The average molecular weight is 413 g/mol. The molecule has 1 aromatic carbocycles. The van der Waals surface area contributed by atoms with Gasteiger partial charge in [0, 0.05) is 30.9 Å². The monoisotopic (exact) mass is 412 g/mol. The van der Waals surface area contributed by atoms with Crippen molar-refractivity contribution < 1.29 is 24.2 Å². The van der Waals surface area contributed by atoms with Crippen LogP contribution in [0.5, 0.6) is 5.75 Å². The molecule has 146 valence electrons. The molecule has 0 amide bonds. The number of carbonyl (C=O) groups excluding carboxylic acids is 1. The molecule has 2 aliphatic carbocycles. The van der Waals surface area contributed by atoms with Crippen LogP contribution in [-0.4, -0.2) is 29.8 Å². The molecule has 2 aliphatic rings. The number of methoxy groups -OCH3 is 1. The molecule has 1 aromatic rings. The first-order valence-corrected chi connectivity index (χ1v) is 9.73. The Labute approximate surface area is 168 Å². The van der Waals surface area contributed by atoms with Crippen LogP contribution in [0.2, 0.25) is 10.0 Å². The maximum absolute atomic E-state index is 12.0. The van der Waals surface area contributed by atoms with E-state index >= 15 is 0 Å². The van der Waals surface area contributed by atoms with Crippen LogP contribution in [0, 0.1) is 5.41 Å². The highest BCUT2D eigenvalue weighted by molar-refractivity contribution is 6.44. The van der Waals surface area contributed by atoms with E-state index in [0.29, 0.717) is 12.8 Å². The van der Waals surface area contributed by atoms with E-state index in [4.69, 9.17) is 32.7 Å². The predicted molar refractivity (Wildman–Crippen MR) is 103 cm³/mol. The number of hydrogen-bond donors (Lipinski definition) is 1. The molecule has 27 heavy (non-hydrogen) atoms. The standard InChI is InChI=1S/C20H22Cl2O5/c1-4-19-7-6-12(23)9-13(19)15-11(10-19)8-14(16(21)17(15)22)27-20(5-2,26-3)18(24)25/h8-9H,4-7,10H2,1-3H3,(H,24,25). The number of rotatable bonds is 6. The third-order valence-corrected chi connectivity index (χ3v) is 6.70. The van der Waals surface area contributed by atoms with E-state index in [1.54, 1.807) is 19.1 Å². The summed E-state index contributed by atoms with van der Waals surface area (Å²) >= 11 is 13.0. The Hall–Kier alpha value is -1.56. The van der Waals surface area contributed by atoms with Crippen molar-refractivity contribution >= 4 is 40.5 Å². The predicted octanol–water partition coefficient (Wildman–Crippen LogP) is 4.91. The zero-order chi connectivity index (χ0) is 20.0. The number of carboxylic acids is 1. The number of ketones is 1. The van der Waals surface area contributed by atoms with Gasteiger partial charge in [0.2, 0.25) is 0 Å². The van der Waals surface area contributed by atoms with Crippen LogP contribution in [-0.2, 0) is 20.7 Å². The molecule has 0 saturated heterocycles. The molecule has 1 N–H and O–H groups in total. The summed E-state index contributed by atoms with van der Waals surface area (Å²) in [5.74, 6) is -2.83. The number of carbonyl (C=O) groups is 2. The maximum atomic E-state index is 12.0. The van der Waals surface area contributed by atoms with Crippen molar-refractivity contribution in [1.82, 2.24) is 0 Å². The molecule has 0 radical (unpaired) electrons. The van der Waals surface area contributed by atoms with E-state index < -0.39 is 11.8 Å². The zero-order valence-corrected chi connectivity index (χ0v) is 17.0. The van der Waals surface area contributed by atoms with Crippen molar-refractivity contribution in [3.05, 3.63) is 33.3 Å². The second kappa shape index (κ2) is 7.12. The minimum Gasteiger partial charge on any atom is -0.476 e. The van der Waals surface area contributed by atoms with E-state index in [0.717, 1.165) is 29.5 Å². The molecule has 0 aromatic heterocycles. The fourth-order valence-corrected chi connectivity index (χ4v) is 4.64. The van der Waals surface area contributed by atoms with E-state index in [2.05, 4.69) is 6.92 Å². The Morgan fingerprint density at radius 2 is 2.04 bits per heavy atom. The van der Waals surface area contributed by atoms with Gasteiger partial charge in [-0.15, -0.1) is 0 Å². The molecule has 2 atom stereocenters. The maximum Gasteiger partial charge on any atom is 0.377 e. The van der Waals surface area contributed by atoms with Gasteiger partial charge < -0.3 is 14.6 Å². The fraction of sp³-hybridized carbons (Fsp3) is 0.500. The van der Waals surface area contributed by atoms with Gasteiger partial charge in [-0.1, -0.05) is 37.0 Å². The molecule has 7 heteroatoms. The average Bonchev–Trinajstić information content (AvgIpc) is 2.97. The van der Waals surface area contributed by atoms with Crippen LogP contribution in [0.3, 0.4) is 0 Å². The Morgan fingerprint density at radius 3 is 2.59 bits per heavy atom. The second-order valence-corrected chi connectivity index (χ2v) is 7.85. The number of carboxylic acid groups (broad SMARTS) is 1. The normalized spacial score (nSPS) is 23.3. The summed E-state index contributed by atoms with van der Waals surface area (Å²) < 4.78 is 10.9. The lowest BCUT2D eigenvalue weighted by Crippen LogP contribution is -2.46. The van der Waals surface area contributed by atoms with E-state index in [1.807, 2.05) is 0 Å². The van der Waals surface area contributed by atoms with E-state index in [1.165, 1.54) is 7.11 Å². The van der Waals surface area contributed by atoms with Crippen LogP contribution < -0.4 is 4.74 Å². The quantitative estimate of drug-likeness (QED) is 0.671. The lowest BCUT2D eigenvalue weighted by molar-refractivity contribution is -0.204. The van der Waals surface area contributed by atoms with E-state index in [-0.39, 0.29) is 33.4 Å². The van der Waals surface area contributed by atoms with Crippen LogP contribution in [0.1, 0.15) is 50.7 Å². The van der Waals surface area contributed by atoms with Crippen molar-refractivity contribution in [2.24, 2.45) is 5.41 Å². The summed E-state index contributed by atoms with van der Waals surface area (Å²) in [6.45, 7) is 3.75. The Morgan fingerprint density at radius 1 is 1.33 bits per heavy atom. The van der Waals surface area contributed by atoms with Crippen molar-refractivity contribution in [1.29, 1.82) is 0 Å². The lowest BCUT2D eigenvalue weighted by atomic mass is 9.71. The summed E-state index contributed by atoms with van der Waals surface area (Å²) in [6, 6.07) is 1.73.